The van der Waals surface area contributed by atoms with E-state index in [0.29, 0.717) is 12.1 Å². The van der Waals surface area contributed by atoms with E-state index in [-0.39, 0.29) is 0 Å². The zero-order chi connectivity index (χ0) is 14.8. The summed E-state index contributed by atoms with van der Waals surface area (Å²) in [5.41, 5.74) is 4.62. The van der Waals surface area contributed by atoms with E-state index in [1.54, 1.807) is 0 Å². The second-order valence-corrected chi connectivity index (χ2v) is 3.63. The van der Waals surface area contributed by atoms with Gasteiger partial charge in [-0.15, -0.1) is 13.2 Å². The molecule has 0 aromatic heterocycles. The Morgan fingerprint density at radius 2 is 1.79 bits per heavy atom. The third kappa shape index (κ3) is 4.00. The lowest BCUT2D eigenvalue weighted by Gasteiger charge is -2.22. The highest BCUT2D eigenvalue weighted by molar-refractivity contribution is 5.32. The van der Waals surface area contributed by atoms with Crippen LogP contribution in [-0.2, 0) is 0 Å². The van der Waals surface area contributed by atoms with Gasteiger partial charge in [-0.2, -0.15) is 0 Å². The molecule has 1 aromatic carbocycles. The first-order valence-electron chi connectivity index (χ1n) is 4.86. The summed E-state index contributed by atoms with van der Waals surface area (Å²) >= 11 is 0. The van der Waals surface area contributed by atoms with E-state index in [1.807, 2.05) is 0 Å². The number of aliphatic hydroxyl groups excluding tert-OH is 1. The second kappa shape index (κ2) is 5.25. The minimum atomic E-state index is -5.10. The highest BCUT2D eigenvalue weighted by Crippen LogP contribution is 2.32. The molecule has 0 bridgehead atoms. The van der Waals surface area contributed by atoms with Gasteiger partial charge in [0.1, 0.15) is 6.61 Å². The summed E-state index contributed by atoms with van der Waals surface area (Å²) < 4.78 is 78.2. The molecule has 0 unspecified atom stereocenters. The molecule has 0 aliphatic rings. The fraction of sp³-hybridized carbons (Fsp3) is 0.400. The molecule has 19 heavy (non-hydrogen) atoms. The van der Waals surface area contributed by atoms with Gasteiger partial charge in [-0.3, -0.25) is 0 Å². The maximum Gasteiger partial charge on any atom is 0.573 e. The molecule has 0 fully saturated rings. The lowest BCUT2D eigenvalue weighted by Crippen LogP contribution is -2.36. The smallest absolute Gasteiger partial charge is 0.403 e. The number of nitrogens with two attached hydrogens (primary N) is 1. The first-order valence-corrected chi connectivity index (χ1v) is 4.86. The molecule has 0 aliphatic heterocycles. The van der Waals surface area contributed by atoms with Gasteiger partial charge in [0, 0.05) is 0 Å². The Hall–Kier alpha value is -1.48. The summed E-state index contributed by atoms with van der Waals surface area (Å²) in [4.78, 5) is 0. The van der Waals surface area contributed by atoms with Crippen LogP contribution in [0, 0.1) is 5.82 Å². The van der Waals surface area contributed by atoms with Gasteiger partial charge in [0.2, 0.25) is 0 Å². The topological polar surface area (TPSA) is 55.5 Å². The van der Waals surface area contributed by atoms with Crippen molar-refractivity contribution in [2.45, 2.75) is 18.3 Å². The fourth-order valence-electron chi connectivity index (χ4n) is 1.26. The van der Waals surface area contributed by atoms with Crippen molar-refractivity contribution in [2.75, 3.05) is 6.61 Å². The van der Waals surface area contributed by atoms with Crippen molar-refractivity contribution in [1.82, 2.24) is 0 Å². The maximum atomic E-state index is 13.2. The Morgan fingerprint density at radius 3 is 2.21 bits per heavy atom. The number of alkyl halides is 5. The average Bonchev–Trinajstić information content (AvgIpc) is 2.29. The maximum absolute atomic E-state index is 13.2. The summed E-state index contributed by atoms with van der Waals surface area (Å²) in [5.74, 6) is -6.37. The molecule has 1 atom stereocenters. The lowest BCUT2D eigenvalue weighted by molar-refractivity contribution is -0.275. The first-order chi connectivity index (χ1) is 8.57. The number of halogens is 6. The summed E-state index contributed by atoms with van der Waals surface area (Å²) in [5, 5.41) is 8.41. The zero-order valence-corrected chi connectivity index (χ0v) is 9.22. The van der Waals surface area contributed by atoms with Gasteiger partial charge in [-0.05, 0) is 17.7 Å². The molecular weight excluding hydrogens is 280 g/mol. The number of hydrogen-bond acceptors (Lipinski definition) is 3. The minimum Gasteiger partial charge on any atom is -0.403 e. The van der Waals surface area contributed by atoms with Crippen LogP contribution in [0.4, 0.5) is 26.3 Å². The standard InChI is InChI=1S/C10H9F6NO2/c11-6-3-5(8(17)9(12,13)4-18)1-2-7(6)19-10(14,15)16/h1-3,8,18H,4,17H2/t8-/m1/s1. The highest BCUT2D eigenvalue weighted by atomic mass is 19.4. The van der Waals surface area contributed by atoms with E-state index in [2.05, 4.69) is 4.74 Å². The molecule has 1 rings (SSSR count). The molecule has 3 N–H and O–H groups in total. The van der Waals surface area contributed by atoms with E-state index in [9.17, 15) is 26.3 Å². The van der Waals surface area contributed by atoms with Crippen molar-refractivity contribution in [2.24, 2.45) is 5.73 Å². The zero-order valence-electron chi connectivity index (χ0n) is 9.22. The second-order valence-electron chi connectivity index (χ2n) is 3.63. The minimum absolute atomic E-state index is 0.398. The van der Waals surface area contributed by atoms with Crippen LogP contribution in [0.25, 0.3) is 0 Å². The Kier molecular flexibility index (Phi) is 4.31. The van der Waals surface area contributed by atoms with Crippen LogP contribution >= 0.6 is 0 Å². The lowest BCUT2D eigenvalue weighted by atomic mass is 10.0. The molecule has 0 aliphatic carbocycles. The molecule has 0 saturated carbocycles. The van der Waals surface area contributed by atoms with Crippen molar-refractivity contribution in [3.05, 3.63) is 29.6 Å². The highest BCUT2D eigenvalue weighted by Gasteiger charge is 2.38. The average molecular weight is 289 g/mol. The van der Waals surface area contributed by atoms with Gasteiger partial charge in [0.05, 0.1) is 6.04 Å². The van der Waals surface area contributed by atoms with Gasteiger partial charge in [-0.25, -0.2) is 13.2 Å². The molecule has 0 saturated heterocycles. The SMILES string of the molecule is N[C@H](c1ccc(OC(F)(F)F)c(F)c1)C(F)(F)CO. The monoisotopic (exact) mass is 289 g/mol. The predicted molar refractivity (Wildman–Crippen MR) is 52.0 cm³/mol. The van der Waals surface area contributed by atoms with Gasteiger partial charge in [-0.1, -0.05) is 6.07 Å². The molecule has 108 valence electrons. The van der Waals surface area contributed by atoms with Crippen LogP contribution in [0.2, 0.25) is 0 Å². The van der Waals surface area contributed by atoms with E-state index in [0.717, 1.165) is 6.07 Å². The summed E-state index contributed by atoms with van der Waals surface area (Å²) in [6, 6.07) is -0.356. The van der Waals surface area contributed by atoms with Crippen LogP contribution in [0.3, 0.4) is 0 Å². The Morgan fingerprint density at radius 1 is 1.21 bits per heavy atom. The number of rotatable bonds is 4. The van der Waals surface area contributed by atoms with Gasteiger partial charge in [0.25, 0.3) is 5.92 Å². The number of benzene rings is 1. The quantitative estimate of drug-likeness (QED) is 0.837. The summed E-state index contributed by atoms with van der Waals surface area (Å²) in [6.45, 7) is -1.57. The molecule has 0 heterocycles. The van der Waals surface area contributed by atoms with E-state index in [1.165, 1.54) is 0 Å². The van der Waals surface area contributed by atoms with Gasteiger partial charge >= 0.3 is 6.36 Å². The third-order valence-electron chi connectivity index (χ3n) is 2.21. The molecule has 1 aromatic rings. The Bertz CT molecular complexity index is 448. The fourth-order valence-corrected chi connectivity index (χ4v) is 1.26. The van der Waals surface area contributed by atoms with E-state index < -0.39 is 42.1 Å². The number of aliphatic hydroxyl groups is 1. The molecule has 0 spiro atoms. The molecular formula is C10H9F6NO2. The normalized spacial score (nSPS) is 14.3. The van der Waals surface area contributed by atoms with Crippen molar-refractivity contribution < 1.29 is 36.2 Å². The van der Waals surface area contributed by atoms with Crippen molar-refractivity contribution in [3.8, 4) is 5.75 Å². The molecule has 0 amide bonds. The Labute approximate surface area is 103 Å². The van der Waals surface area contributed by atoms with Gasteiger partial charge < -0.3 is 15.6 Å². The number of ether oxygens (including phenoxy) is 1. The van der Waals surface area contributed by atoms with E-state index >= 15 is 0 Å². The Balaban J connectivity index is 3.00. The number of hydrogen-bond donors (Lipinski definition) is 2. The van der Waals surface area contributed by atoms with Gasteiger partial charge in [0.15, 0.2) is 11.6 Å². The third-order valence-corrected chi connectivity index (χ3v) is 2.21. The largest absolute Gasteiger partial charge is 0.573 e. The molecule has 9 heteroatoms. The summed E-state index contributed by atoms with van der Waals surface area (Å²) in [6.07, 6.45) is -5.10. The van der Waals surface area contributed by atoms with Crippen molar-refractivity contribution in [3.63, 3.8) is 0 Å². The predicted octanol–water partition coefficient (Wildman–Crippen LogP) is 2.35. The van der Waals surface area contributed by atoms with E-state index in [4.69, 9.17) is 10.8 Å². The van der Waals surface area contributed by atoms with Crippen LogP contribution in [0.15, 0.2) is 18.2 Å². The van der Waals surface area contributed by atoms with Crippen molar-refractivity contribution >= 4 is 0 Å². The van der Waals surface area contributed by atoms with Crippen molar-refractivity contribution in [1.29, 1.82) is 0 Å². The molecule has 0 radical (unpaired) electrons. The van der Waals surface area contributed by atoms with Crippen LogP contribution < -0.4 is 10.5 Å². The van der Waals surface area contributed by atoms with Crippen LogP contribution in [0.5, 0.6) is 5.75 Å². The molecule has 3 nitrogen and oxygen atoms in total. The van der Waals surface area contributed by atoms with Crippen LogP contribution in [0.1, 0.15) is 11.6 Å². The van der Waals surface area contributed by atoms with Crippen LogP contribution in [-0.4, -0.2) is 24.0 Å². The first kappa shape index (κ1) is 15.6. The summed E-state index contributed by atoms with van der Waals surface area (Å²) in [7, 11) is 0.